The van der Waals surface area contributed by atoms with Gasteiger partial charge in [0.1, 0.15) is 0 Å². The van der Waals surface area contributed by atoms with Gasteiger partial charge in [0.25, 0.3) is 0 Å². The Morgan fingerprint density at radius 1 is 0.818 bits per heavy atom. The highest BCUT2D eigenvalue weighted by atomic mass is 16.5. The second kappa shape index (κ2) is 8.77. The molecule has 3 heteroatoms. The molecule has 1 saturated heterocycles. The molecule has 5 rings (SSSR count). The van der Waals surface area contributed by atoms with E-state index < -0.39 is 5.60 Å². The third kappa shape index (κ3) is 4.14. The van der Waals surface area contributed by atoms with Crippen LogP contribution in [0, 0.1) is 46.3 Å². The van der Waals surface area contributed by atoms with Crippen LogP contribution in [-0.4, -0.2) is 34.6 Å². The first-order valence-electron chi connectivity index (χ1n) is 14.6. The molecule has 0 unspecified atom stereocenters. The van der Waals surface area contributed by atoms with Crippen LogP contribution in [0.3, 0.4) is 0 Å². The Hall–Kier alpha value is -0.120. The molecule has 5 fully saturated rings. The summed E-state index contributed by atoms with van der Waals surface area (Å²) in [5, 5.41) is 22.1. The van der Waals surface area contributed by atoms with Crippen molar-refractivity contribution in [3.63, 3.8) is 0 Å². The molecule has 1 heterocycles. The predicted octanol–water partition coefficient (Wildman–Crippen LogP) is 6.74. The highest BCUT2D eigenvalue weighted by molar-refractivity contribution is 5.11. The molecule has 0 aromatic carbocycles. The average molecular weight is 461 g/mol. The first kappa shape index (κ1) is 24.6. The van der Waals surface area contributed by atoms with E-state index in [0.717, 1.165) is 81.3 Å². The van der Waals surface area contributed by atoms with Crippen LogP contribution >= 0.6 is 0 Å². The van der Waals surface area contributed by atoms with Crippen LogP contribution in [0.5, 0.6) is 0 Å². The molecule has 0 radical (unpaired) electrons. The maximum absolute atomic E-state index is 11.1. The number of fused-ring (bicyclic) bond motifs is 5. The van der Waals surface area contributed by atoms with Crippen molar-refractivity contribution in [3.8, 4) is 0 Å². The Kier molecular flexibility index (Phi) is 6.53. The second-order valence-corrected chi connectivity index (χ2v) is 14.0. The van der Waals surface area contributed by atoms with E-state index in [0.29, 0.717) is 16.7 Å². The zero-order valence-corrected chi connectivity index (χ0v) is 22.1. The van der Waals surface area contributed by atoms with Gasteiger partial charge in [-0.05, 0) is 136 Å². The molecule has 190 valence electrons. The molecule has 0 amide bonds. The van der Waals surface area contributed by atoms with Crippen LogP contribution < -0.4 is 0 Å². The van der Waals surface area contributed by atoms with Gasteiger partial charge in [0.15, 0.2) is 0 Å². The molecule has 5 aliphatic rings. The number of aliphatic hydroxyl groups is 2. The summed E-state index contributed by atoms with van der Waals surface area (Å²) in [6.07, 6.45) is 16.4. The summed E-state index contributed by atoms with van der Waals surface area (Å²) in [6.45, 7) is 11.4. The lowest BCUT2D eigenvalue weighted by Crippen LogP contribution is -2.56. The molecule has 0 aromatic rings. The van der Waals surface area contributed by atoms with Gasteiger partial charge in [-0.15, -0.1) is 0 Å². The summed E-state index contributed by atoms with van der Waals surface area (Å²) < 4.78 is 5.50. The van der Waals surface area contributed by atoms with Gasteiger partial charge in [0.05, 0.1) is 11.2 Å². The smallest absolute Gasteiger partial charge is 0.0691 e. The molecule has 2 N–H and O–H groups in total. The van der Waals surface area contributed by atoms with Crippen molar-refractivity contribution in [2.24, 2.45) is 46.3 Å². The van der Waals surface area contributed by atoms with Gasteiger partial charge < -0.3 is 14.9 Å². The van der Waals surface area contributed by atoms with Gasteiger partial charge in [-0.2, -0.15) is 0 Å². The highest BCUT2D eigenvalue weighted by Crippen LogP contribution is 2.69. The van der Waals surface area contributed by atoms with Crippen LogP contribution in [-0.2, 0) is 4.74 Å². The number of ether oxygens (including phenoxy) is 1. The highest BCUT2D eigenvalue weighted by Gasteiger charge is 2.61. The number of rotatable bonds is 5. The lowest BCUT2D eigenvalue weighted by molar-refractivity contribution is -0.153. The minimum absolute atomic E-state index is 0.386. The average Bonchev–Trinajstić information content (AvgIpc) is 3.16. The van der Waals surface area contributed by atoms with E-state index in [1.807, 2.05) is 0 Å². The van der Waals surface area contributed by atoms with Crippen LogP contribution in [0.15, 0.2) is 0 Å². The topological polar surface area (TPSA) is 49.7 Å². The fraction of sp³-hybridized carbons (Fsp3) is 1.00. The maximum Gasteiger partial charge on any atom is 0.0691 e. The first-order chi connectivity index (χ1) is 15.6. The molecule has 3 nitrogen and oxygen atoms in total. The Morgan fingerprint density at radius 3 is 2.27 bits per heavy atom. The van der Waals surface area contributed by atoms with Crippen LogP contribution in [0.1, 0.15) is 118 Å². The van der Waals surface area contributed by atoms with E-state index in [2.05, 4.69) is 27.7 Å². The second-order valence-electron chi connectivity index (χ2n) is 14.0. The van der Waals surface area contributed by atoms with Gasteiger partial charge in [-0.3, -0.25) is 0 Å². The summed E-state index contributed by atoms with van der Waals surface area (Å²) >= 11 is 0. The van der Waals surface area contributed by atoms with Crippen LogP contribution in [0.25, 0.3) is 0 Å². The standard InChI is InChI=1S/C30H52O3/c1-5-29(31)15-14-27(3)22(20-29)6-7-23-25-9-8-24(28(25,4)12-11-26(23)27)21(2)10-13-30(32)16-18-33-19-17-30/h21-26,31-32H,5-20H2,1-4H3/t21-,22+,23+,24-,25+,26+,27+,28-,29+/m1/s1. The largest absolute Gasteiger partial charge is 0.390 e. The molecule has 33 heavy (non-hydrogen) atoms. The predicted molar refractivity (Wildman–Crippen MR) is 134 cm³/mol. The van der Waals surface area contributed by atoms with Gasteiger partial charge in [-0.1, -0.05) is 27.7 Å². The van der Waals surface area contributed by atoms with Crippen molar-refractivity contribution in [2.45, 2.75) is 129 Å². The minimum Gasteiger partial charge on any atom is -0.390 e. The van der Waals surface area contributed by atoms with Gasteiger partial charge in [-0.25, -0.2) is 0 Å². The third-order valence-corrected chi connectivity index (χ3v) is 12.7. The quantitative estimate of drug-likeness (QED) is 0.477. The Balaban J connectivity index is 1.26. The van der Waals surface area contributed by atoms with Gasteiger partial charge >= 0.3 is 0 Å². The van der Waals surface area contributed by atoms with Gasteiger partial charge in [0.2, 0.25) is 0 Å². The molecule has 1 aliphatic heterocycles. The molecule has 0 spiro atoms. The minimum atomic E-state index is -0.475. The van der Waals surface area contributed by atoms with Crippen molar-refractivity contribution in [1.82, 2.24) is 0 Å². The molecule has 9 atom stereocenters. The maximum atomic E-state index is 11.1. The van der Waals surface area contributed by atoms with E-state index in [1.54, 1.807) is 0 Å². The molecule has 4 saturated carbocycles. The first-order valence-corrected chi connectivity index (χ1v) is 14.6. The Labute approximate surface area is 203 Å². The van der Waals surface area contributed by atoms with Crippen molar-refractivity contribution in [2.75, 3.05) is 13.2 Å². The fourth-order valence-corrected chi connectivity index (χ4v) is 10.3. The zero-order chi connectivity index (χ0) is 23.5. The molecular weight excluding hydrogens is 408 g/mol. The summed E-state index contributed by atoms with van der Waals surface area (Å²) in [6, 6.07) is 0. The number of hydrogen-bond donors (Lipinski definition) is 2. The molecule has 0 bridgehead atoms. The van der Waals surface area contributed by atoms with Crippen LogP contribution in [0.4, 0.5) is 0 Å². The SMILES string of the molecule is CC[C@]1(O)CC[C@@]2(C)[C@@H](CC[C@@H]3[C@@H]2CC[C@]2(C)[C@@H]([C@H](C)CCC4(O)CCOCC4)CC[C@@H]32)C1. The Bertz CT molecular complexity index is 701. The fourth-order valence-electron chi connectivity index (χ4n) is 10.3. The third-order valence-electron chi connectivity index (χ3n) is 12.7. The normalized spacial score (nSPS) is 50.2. The van der Waals surface area contributed by atoms with Crippen molar-refractivity contribution in [1.29, 1.82) is 0 Å². The lowest BCUT2D eigenvalue weighted by Gasteiger charge is -2.62. The lowest BCUT2D eigenvalue weighted by atomic mass is 9.43. The molecular formula is C30H52O3. The van der Waals surface area contributed by atoms with E-state index in [9.17, 15) is 10.2 Å². The van der Waals surface area contributed by atoms with Crippen LogP contribution in [0.2, 0.25) is 0 Å². The van der Waals surface area contributed by atoms with E-state index in [-0.39, 0.29) is 5.60 Å². The summed E-state index contributed by atoms with van der Waals surface area (Å²) in [4.78, 5) is 0. The van der Waals surface area contributed by atoms with Crippen molar-refractivity contribution < 1.29 is 14.9 Å². The summed E-state index contributed by atoms with van der Waals surface area (Å²) in [7, 11) is 0. The number of hydrogen-bond acceptors (Lipinski definition) is 3. The van der Waals surface area contributed by atoms with E-state index in [1.165, 1.54) is 51.4 Å². The molecule has 0 aromatic heterocycles. The zero-order valence-electron chi connectivity index (χ0n) is 22.1. The molecule has 4 aliphatic carbocycles. The van der Waals surface area contributed by atoms with E-state index in [4.69, 9.17) is 4.74 Å². The van der Waals surface area contributed by atoms with Gasteiger partial charge in [0, 0.05) is 13.2 Å². The van der Waals surface area contributed by atoms with Crippen molar-refractivity contribution >= 4 is 0 Å². The summed E-state index contributed by atoms with van der Waals surface area (Å²) in [5.41, 5.74) is 0.0998. The van der Waals surface area contributed by atoms with Crippen molar-refractivity contribution in [3.05, 3.63) is 0 Å². The Morgan fingerprint density at radius 2 is 1.55 bits per heavy atom. The summed E-state index contributed by atoms with van der Waals surface area (Å²) in [5.74, 6) is 4.97. The monoisotopic (exact) mass is 460 g/mol. The van der Waals surface area contributed by atoms with E-state index >= 15 is 0 Å².